The van der Waals surface area contributed by atoms with E-state index in [1.807, 2.05) is 11.8 Å². The van der Waals surface area contributed by atoms with E-state index in [1.54, 1.807) is 30.4 Å². The standard InChI is InChI=1S/C11H14N2OS2/c1-2-9-11(16-6-5-15-9)10(14)8-7-12-3-4-13-8/h3-4,7,9,11H,2,5-6H2,1H3. The highest BCUT2D eigenvalue weighted by atomic mass is 32.2. The average Bonchev–Trinajstić information content (AvgIpc) is 2.39. The van der Waals surface area contributed by atoms with Crippen molar-refractivity contribution in [1.82, 2.24) is 9.97 Å². The molecule has 1 aliphatic heterocycles. The van der Waals surface area contributed by atoms with E-state index in [4.69, 9.17) is 0 Å². The summed E-state index contributed by atoms with van der Waals surface area (Å²) in [7, 11) is 0. The minimum atomic E-state index is 0.0560. The van der Waals surface area contributed by atoms with Gasteiger partial charge in [0.2, 0.25) is 0 Å². The summed E-state index contributed by atoms with van der Waals surface area (Å²) in [6, 6.07) is 0. The third-order valence-corrected chi connectivity index (χ3v) is 5.77. The van der Waals surface area contributed by atoms with E-state index >= 15 is 0 Å². The Morgan fingerprint density at radius 2 is 2.25 bits per heavy atom. The summed E-state index contributed by atoms with van der Waals surface area (Å²) >= 11 is 3.67. The van der Waals surface area contributed by atoms with Gasteiger partial charge in [-0.3, -0.25) is 9.78 Å². The number of thioether (sulfide) groups is 2. The van der Waals surface area contributed by atoms with Crippen LogP contribution in [0.3, 0.4) is 0 Å². The Morgan fingerprint density at radius 1 is 1.44 bits per heavy atom. The molecule has 2 atom stereocenters. The molecule has 1 saturated heterocycles. The first-order valence-electron chi connectivity index (χ1n) is 5.36. The van der Waals surface area contributed by atoms with Crippen LogP contribution in [-0.2, 0) is 0 Å². The smallest absolute Gasteiger partial charge is 0.196 e. The second-order valence-corrected chi connectivity index (χ2v) is 6.16. The minimum absolute atomic E-state index is 0.0560. The molecule has 0 amide bonds. The Bertz CT molecular complexity index is 358. The van der Waals surface area contributed by atoms with Gasteiger partial charge in [-0.1, -0.05) is 6.92 Å². The normalized spacial score (nSPS) is 25.3. The van der Waals surface area contributed by atoms with E-state index < -0.39 is 0 Å². The molecule has 5 heteroatoms. The highest BCUT2D eigenvalue weighted by Gasteiger charge is 2.32. The van der Waals surface area contributed by atoms with Gasteiger partial charge in [0, 0.05) is 29.1 Å². The van der Waals surface area contributed by atoms with Crippen molar-refractivity contribution in [2.45, 2.75) is 23.8 Å². The van der Waals surface area contributed by atoms with Crippen molar-refractivity contribution < 1.29 is 4.79 Å². The molecule has 3 nitrogen and oxygen atoms in total. The molecule has 2 rings (SSSR count). The lowest BCUT2D eigenvalue weighted by molar-refractivity contribution is 0.0982. The molecule has 2 heterocycles. The van der Waals surface area contributed by atoms with Gasteiger partial charge in [0.25, 0.3) is 0 Å². The van der Waals surface area contributed by atoms with Crippen molar-refractivity contribution in [2.75, 3.05) is 11.5 Å². The zero-order valence-corrected chi connectivity index (χ0v) is 10.8. The van der Waals surface area contributed by atoms with E-state index in [1.165, 1.54) is 0 Å². The van der Waals surface area contributed by atoms with Crippen molar-refractivity contribution >= 4 is 29.3 Å². The lowest BCUT2D eigenvalue weighted by atomic mass is 10.1. The minimum Gasteiger partial charge on any atom is -0.291 e. The van der Waals surface area contributed by atoms with Crippen molar-refractivity contribution in [3.8, 4) is 0 Å². The number of ketones is 1. The van der Waals surface area contributed by atoms with Crippen LogP contribution in [0, 0.1) is 0 Å². The van der Waals surface area contributed by atoms with Crippen LogP contribution in [0.1, 0.15) is 23.8 Å². The number of rotatable bonds is 3. The first-order valence-corrected chi connectivity index (χ1v) is 7.46. The van der Waals surface area contributed by atoms with Crippen LogP contribution >= 0.6 is 23.5 Å². The molecule has 1 aromatic rings. The Hall–Kier alpha value is -0.550. The summed E-state index contributed by atoms with van der Waals surface area (Å²) in [4.78, 5) is 20.3. The molecule has 2 unspecified atom stereocenters. The number of carbonyl (C=O) groups excluding carboxylic acids is 1. The summed E-state index contributed by atoms with van der Waals surface area (Å²) in [5.74, 6) is 2.34. The fourth-order valence-corrected chi connectivity index (χ4v) is 4.73. The average molecular weight is 254 g/mol. The van der Waals surface area contributed by atoms with Gasteiger partial charge in [0.05, 0.1) is 11.4 Å². The Labute approximate surface area is 104 Å². The van der Waals surface area contributed by atoms with Gasteiger partial charge >= 0.3 is 0 Å². The molecule has 0 aliphatic carbocycles. The predicted molar refractivity (Wildman–Crippen MR) is 69.1 cm³/mol. The van der Waals surface area contributed by atoms with Crippen LogP contribution in [0.4, 0.5) is 0 Å². The van der Waals surface area contributed by atoms with Gasteiger partial charge in [-0.25, -0.2) is 4.98 Å². The molecule has 0 saturated carbocycles. The van der Waals surface area contributed by atoms with Crippen molar-refractivity contribution in [1.29, 1.82) is 0 Å². The largest absolute Gasteiger partial charge is 0.291 e. The quantitative estimate of drug-likeness (QED) is 0.774. The third kappa shape index (κ3) is 2.58. The van der Waals surface area contributed by atoms with Gasteiger partial charge < -0.3 is 0 Å². The zero-order valence-electron chi connectivity index (χ0n) is 9.13. The van der Waals surface area contributed by atoms with E-state index in [2.05, 4.69) is 16.9 Å². The third-order valence-electron chi connectivity index (χ3n) is 2.53. The van der Waals surface area contributed by atoms with Gasteiger partial charge in [0.1, 0.15) is 5.69 Å². The van der Waals surface area contributed by atoms with Crippen LogP contribution in [-0.4, -0.2) is 37.8 Å². The lowest BCUT2D eigenvalue weighted by Crippen LogP contribution is -2.33. The number of nitrogens with zero attached hydrogens (tertiary/aromatic N) is 2. The molecule has 0 N–H and O–H groups in total. The van der Waals surface area contributed by atoms with Gasteiger partial charge in [-0.2, -0.15) is 11.8 Å². The molecular weight excluding hydrogens is 240 g/mol. The molecule has 1 aromatic heterocycles. The van der Waals surface area contributed by atoms with Gasteiger partial charge in [-0.15, -0.1) is 11.8 Å². The van der Waals surface area contributed by atoms with Crippen LogP contribution in [0.2, 0.25) is 0 Å². The Morgan fingerprint density at radius 3 is 2.94 bits per heavy atom. The molecule has 0 radical (unpaired) electrons. The summed E-state index contributed by atoms with van der Waals surface area (Å²) in [5, 5.41) is 0.480. The molecule has 1 aliphatic rings. The van der Waals surface area contributed by atoms with Gasteiger partial charge in [0.15, 0.2) is 5.78 Å². The molecular formula is C11H14N2OS2. The molecule has 1 fully saturated rings. The first-order chi connectivity index (χ1) is 7.83. The van der Waals surface area contributed by atoms with E-state index in [-0.39, 0.29) is 11.0 Å². The number of hydrogen-bond donors (Lipinski definition) is 0. The maximum atomic E-state index is 12.2. The lowest BCUT2D eigenvalue weighted by Gasteiger charge is -2.28. The van der Waals surface area contributed by atoms with E-state index in [9.17, 15) is 4.79 Å². The van der Waals surface area contributed by atoms with Gasteiger partial charge in [-0.05, 0) is 6.42 Å². The SMILES string of the molecule is CCC1SCCSC1C(=O)c1cnccn1. The molecule has 86 valence electrons. The van der Waals surface area contributed by atoms with Crippen molar-refractivity contribution in [3.63, 3.8) is 0 Å². The van der Waals surface area contributed by atoms with E-state index in [0.717, 1.165) is 17.9 Å². The fraction of sp³-hybridized carbons (Fsp3) is 0.545. The molecule has 0 spiro atoms. The predicted octanol–water partition coefficient (Wildman–Crippen LogP) is 2.29. The number of hydrogen-bond acceptors (Lipinski definition) is 5. The van der Waals surface area contributed by atoms with E-state index in [0.29, 0.717) is 10.9 Å². The number of Topliss-reactive ketones (excluding diaryl/α,β-unsaturated/α-hetero) is 1. The highest BCUT2D eigenvalue weighted by molar-refractivity contribution is 8.07. The topological polar surface area (TPSA) is 42.9 Å². The second-order valence-electron chi connectivity index (χ2n) is 3.56. The molecule has 0 aromatic carbocycles. The van der Waals surface area contributed by atoms with Crippen molar-refractivity contribution in [3.05, 3.63) is 24.3 Å². The number of aromatic nitrogens is 2. The summed E-state index contributed by atoms with van der Waals surface area (Å²) in [5.41, 5.74) is 0.501. The fourth-order valence-electron chi connectivity index (χ4n) is 1.72. The van der Waals surface area contributed by atoms with Crippen LogP contribution < -0.4 is 0 Å². The first kappa shape index (κ1) is 11.9. The summed E-state index contributed by atoms with van der Waals surface area (Å²) in [6.45, 7) is 2.14. The zero-order chi connectivity index (χ0) is 11.4. The second kappa shape index (κ2) is 5.68. The monoisotopic (exact) mass is 254 g/mol. The summed E-state index contributed by atoms with van der Waals surface area (Å²) < 4.78 is 0. The molecule has 16 heavy (non-hydrogen) atoms. The highest BCUT2D eigenvalue weighted by Crippen LogP contribution is 2.34. The van der Waals surface area contributed by atoms with Crippen LogP contribution in [0.25, 0.3) is 0 Å². The Balaban J connectivity index is 2.14. The maximum Gasteiger partial charge on any atom is 0.196 e. The molecule has 0 bridgehead atoms. The van der Waals surface area contributed by atoms with Crippen molar-refractivity contribution in [2.24, 2.45) is 0 Å². The van der Waals surface area contributed by atoms with Crippen LogP contribution in [0.5, 0.6) is 0 Å². The number of carbonyl (C=O) groups is 1. The summed E-state index contributed by atoms with van der Waals surface area (Å²) in [6.07, 6.45) is 5.77. The maximum absolute atomic E-state index is 12.2. The van der Waals surface area contributed by atoms with Crippen LogP contribution in [0.15, 0.2) is 18.6 Å². The Kier molecular flexibility index (Phi) is 4.23.